The highest BCUT2D eigenvalue weighted by Crippen LogP contribution is 2.14. The molecule has 0 aliphatic rings. The summed E-state index contributed by atoms with van der Waals surface area (Å²) in [6.07, 6.45) is 0. The molecule has 0 radical (unpaired) electrons. The maximum absolute atomic E-state index is 12.0. The highest BCUT2D eigenvalue weighted by atomic mass is 16.5. The topological polar surface area (TPSA) is 69.9 Å². The molecule has 6 heteroatoms. The monoisotopic (exact) mass is 336 g/mol. The van der Waals surface area contributed by atoms with Crippen molar-refractivity contribution in [1.29, 1.82) is 0 Å². The van der Waals surface area contributed by atoms with Crippen molar-refractivity contribution in [3.63, 3.8) is 0 Å². The number of aromatic nitrogens is 4. The van der Waals surface area contributed by atoms with Crippen molar-refractivity contribution in [2.75, 3.05) is 0 Å². The van der Waals surface area contributed by atoms with Crippen molar-refractivity contribution in [2.45, 2.75) is 33.9 Å². The van der Waals surface area contributed by atoms with Gasteiger partial charge in [-0.15, -0.1) is 10.2 Å². The summed E-state index contributed by atoms with van der Waals surface area (Å²) in [4.78, 5) is 13.3. The second-order valence-corrected chi connectivity index (χ2v) is 6.10. The summed E-state index contributed by atoms with van der Waals surface area (Å²) >= 11 is 0. The van der Waals surface area contributed by atoms with Gasteiger partial charge >= 0.3 is 5.97 Å². The molecule has 1 heterocycles. The number of ether oxygens (including phenoxy) is 1. The fraction of sp³-hybridized carbons (Fsp3) is 0.263. The molecule has 0 unspecified atom stereocenters. The number of benzene rings is 2. The van der Waals surface area contributed by atoms with E-state index in [9.17, 15) is 4.79 Å². The van der Waals surface area contributed by atoms with Crippen molar-refractivity contribution < 1.29 is 9.53 Å². The third-order valence-corrected chi connectivity index (χ3v) is 3.93. The Bertz CT molecular complexity index is 885. The van der Waals surface area contributed by atoms with E-state index >= 15 is 0 Å². The van der Waals surface area contributed by atoms with Crippen LogP contribution < -0.4 is 0 Å². The zero-order valence-electron chi connectivity index (χ0n) is 14.6. The SMILES string of the molecule is Cc1ccc(-c2nnn(CC(=O)OCc3cc(C)ccc3C)n2)cc1. The summed E-state index contributed by atoms with van der Waals surface area (Å²) in [7, 11) is 0. The molecular weight excluding hydrogens is 316 g/mol. The van der Waals surface area contributed by atoms with Crippen LogP contribution in [-0.2, 0) is 22.7 Å². The molecule has 0 N–H and O–H groups in total. The average molecular weight is 336 g/mol. The molecule has 0 aliphatic carbocycles. The van der Waals surface area contributed by atoms with E-state index in [4.69, 9.17) is 4.74 Å². The number of hydrogen-bond donors (Lipinski definition) is 0. The summed E-state index contributed by atoms with van der Waals surface area (Å²) in [6, 6.07) is 13.9. The first-order chi connectivity index (χ1) is 12.0. The quantitative estimate of drug-likeness (QED) is 0.670. The molecule has 3 rings (SSSR count). The van der Waals surface area contributed by atoms with Crippen LogP contribution >= 0.6 is 0 Å². The first-order valence-electron chi connectivity index (χ1n) is 8.08. The summed E-state index contributed by atoms with van der Waals surface area (Å²) < 4.78 is 5.33. The van der Waals surface area contributed by atoms with E-state index in [2.05, 4.69) is 15.4 Å². The smallest absolute Gasteiger partial charge is 0.330 e. The second-order valence-electron chi connectivity index (χ2n) is 6.10. The predicted octanol–water partition coefficient (Wildman–Crippen LogP) is 3.01. The number of nitrogens with zero attached hydrogens (tertiary/aromatic N) is 4. The van der Waals surface area contributed by atoms with Gasteiger partial charge in [-0.25, -0.2) is 4.79 Å². The van der Waals surface area contributed by atoms with Crippen molar-refractivity contribution in [3.05, 3.63) is 64.7 Å². The maximum atomic E-state index is 12.0. The minimum atomic E-state index is -0.395. The van der Waals surface area contributed by atoms with Crippen LogP contribution in [-0.4, -0.2) is 26.2 Å². The van der Waals surface area contributed by atoms with Crippen LogP contribution in [0.15, 0.2) is 42.5 Å². The molecular formula is C19H20N4O2. The Hall–Kier alpha value is -3.02. The van der Waals surface area contributed by atoms with Crippen molar-refractivity contribution >= 4 is 5.97 Å². The standard InChI is InChI=1S/C19H20N4O2/c1-13-5-8-16(9-6-13)19-20-22-23(21-19)11-18(24)25-12-17-10-14(2)4-7-15(17)3/h4-10H,11-12H2,1-3H3. The fourth-order valence-corrected chi connectivity index (χ4v) is 2.40. The lowest BCUT2D eigenvalue weighted by atomic mass is 10.1. The van der Waals surface area contributed by atoms with Crippen molar-refractivity contribution in [3.8, 4) is 11.4 Å². The summed E-state index contributed by atoms with van der Waals surface area (Å²) in [5.74, 6) is 0.0936. The summed E-state index contributed by atoms with van der Waals surface area (Å²) in [6.45, 7) is 6.20. The Balaban J connectivity index is 1.60. The fourth-order valence-electron chi connectivity index (χ4n) is 2.40. The van der Waals surface area contributed by atoms with Crippen LogP contribution in [0, 0.1) is 20.8 Å². The van der Waals surface area contributed by atoms with Gasteiger partial charge in [0.25, 0.3) is 0 Å². The minimum Gasteiger partial charge on any atom is -0.459 e. The Kier molecular flexibility index (Phi) is 4.88. The molecule has 3 aromatic rings. The van der Waals surface area contributed by atoms with Crippen molar-refractivity contribution in [1.82, 2.24) is 20.2 Å². The number of tetrazole rings is 1. The number of carbonyl (C=O) groups is 1. The largest absolute Gasteiger partial charge is 0.459 e. The molecule has 128 valence electrons. The van der Waals surface area contributed by atoms with Gasteiger partial charge in [0.1, 0.15) is 6.61 Å². The molecule has 0 spiro atoms. The number of rotatable bonds is 5. The van der Waals surface area contributed by atoms with Crippen molar-refractivity contribution in [2.24, 2.45) is 0 Å². The lowest BCUT2D eigenvalue weighted by molar-refractivity contribution is -0.146. The van der Waals surface area contributed by atoms with Crippen LogP contribution in [0.1, 0.15) is 22.3 Å². The molecule has 25 heavy (non-hydrogen) atoms. The van der Waals surface area contributed by atoms with Gasteiger partial charge < -0.3 is 4.74 Å². The summed E-state index contributed by atoms with van der Waals surface area (Å²) in [5, 5.41) is 12.1. The van der Waals surface area contributed by atoms with Gasteiger partial charge in [0.2, 0.25) is 5.82 Å². The number of carbonyl (C=O) groups excluding carboxylic acids is 1. The summed E-state index contributed by atoms with van der Waals surface area (Å²) in [5.41, 5.74) is 5.25. The molecule has 0 amide bonds. The van der Waals surface area contributed by atoms with Crippen LogP contribution in [0.25, 0.3) is 11.4 Å². The van der Waals surface area contributed by atoms with E-state index in [0.29, 0.717) is 5.82 Å². The minimum absolute atomic E-state index is 0.0657. The maximum Gasteiger partial charge on any atom is 0.330 e. The van der Waals surface area contributed by atoms with E-state index in [1.54, 1.807) is 0 Å². The Morgan fingerprint density at radius 2 is 1.76 bits per heavy atom. The van der Waals surface area contributed by atoms with Gasteiger partial charge in [0, 0.05) is 5.56 Å². The molecule has 2 aromatic carbocycles. The Labute approximate surface area is 146 Å². The number of hydrogen-bond acceptors (Lipinski definition) is 5. The van der Waals surface area contributed by atoms with Gasteiger partial charge in [-0.05, 0) is 37.1 Å². The van der Waals surface area contributed by atoms with Gasteiger partial charge in [-0.1, -0.05) is 53.6 Å². The van der Waals surface area contributed by atoms with Gasteiger partial charge in [0.05, 0.1) is 0 Å². The van der Waals surface area contributed by atoms with Gasteiger partial charge in [-0.2, -0.15) is 4.80 Å². The van der Waals surface area contributed by atoms with Crippen LogP contribution in [0.4, 0.5) is 0 Å². The first kappa shape index (κ1) is 16.8. The molecule has 0 bridgehead atoms. The van der Waals surface area contributed by atoms with E-state index in [1.807, 2.05) is 63.2 Å². The molecule has 0 fully saturated rings. The normalized spacial score (nSPS) is 10.7. The molecule has 0 saturated carbocycles. The Morgan fingerprint density at radius 3 is 2.52 bits per heavy atom. The van der Waals surface area contributed by atoms with E-state index in [-0.39, 0.29) is 13.2 Å². The van der Waals surface area contributed by atoms with Crippen LogP contribution in [0.3, 0.4) is 0 Å². The van der Waals surface area contributed by atoms with Crippen LogP contribution in [0.5, 0.6) is 0 Å². The van der Waals surface area contributed by atoms with Crippen LogP contribution in [0.2, 0.25) is 0 Å². The molecule has 6 nitrogen and oxygen atoms in total. The highest BCUT2D eigenvalue weighted by molar-refractivity contribution is 5.69. The number of esters is 1. The van der Waals surface area contributed by atoms with E-state index < -0.39 is 5.97 Å². The van der Waals surface area contributed by atoms with E-state index in [1.165, 1.54) is 4.80 Å². The molecule has 0 aliphatic heterocycles. The Morgan fingerprint density at radius 1 is 1.04 bits per heavy atom. The van der Waals surface area contributed by atoms with Gasteiger partial charge in [0.15, 0.2) is 6.54 Å². The first-order valence-corrected chi connectivity index (χ1v) is 8.08. The molecule has 0 atom stereocenters. The molecule has 0 saturated heterocycles. The highest BCUT2D eigenvalue weighted by Gasteiger charge is 2.11. The number of aryl methyl sites for hydroxylation is 3. The molecule has 1 aromatic heterocycles. The van der Waals surface area contributed by atoms with Gasteiger partial charge in [-0.3, -0.25) is 0 Å². The van der Waals surface area contributed by atoms with E-state index in [0.717, 1.165) is 27.8 Å². The zero-order valence-corrected chi connectivity index (χ0v) is 14.6. The third-order valence-electron chi connectivity index (χ3n) is 3.93. The predicted molar refractivity (Wildman–Crippen MR) is 93.7 cm³/mol. The lowest BCUT2D eigenvalue weighted by Gasteiger charge is -2.08. The average Bonchev–Trinajstić information content (AvgIpc) is 3.05. The second kappa shape index (κ2) is 7.25. The third kappa shape index (κ3) is 4.29. The lowest BCUT2D eigenvalue weighted by Crippen LogP contribution is -2.16. The zero-order chi connectivity index (χ0) is 17.8.